The average molecular weight is 269 g/mol. The Labute approximate surface area is 118 Å². The van der Waals surface area contributed by atoms with Crippen LogP contribution in [0.1, 0.15) is 24.1 Å². The van der Waals surface area contributed by atoms with E-state index in [0.29, 0.717) is 0 Å². The van der Waals surface area contributed by atoms with Gasteiger partial charge in [0.1, 0.15) is 0 Å². The molecule has 4 heteroatoms. The lowest BCUT2D eigenvalue weighted by Crippen LogP contribution is -2.45. The van der Waals surface area contributed by atoms with Crippen LogP contribution in [0.2, 0.25) is 0 Å². The van der Waals surface area contributed by atoms with Gasteiger partial charge in [-0.3, -0.25) is 4.79 Å². The number of para-hydroxylation sites is 1. The van der Waals surface area contributed by atoms with Crippen LogP contribution >= 0.6 is 0 Å². The molecule has 0 saturated carbocycles. The van der Waals surface area contributed by atoms with Crippen LogP contribution in [-0.2, 0) is 17.8 Å². The lowest BCUT2D eigenvalue weighted by molar-refractivity contribution is -0.134. The third-order valence-corrected chi connectivity index (χ3v) is 4.55. The van der Waals surface area contributed by atoms with Gasteiger partial charge in [-0.1, -0.05) is 18.2 Å². The molecule has 2 aromatic rings. The van der Waals surface area contributed by atoms with Crippen LogP contribution in [0, 0.1) is 0 Å². The third-order valence-electron chi connectivity index (χ3n) is 4.55. The van der Waals surface area contributed by atoms with E-state index in [2.05, 4.69) is 34.6 Å². The molecule has 0 aliphatic carbocycles. The first-order chi connectivity index (χ1) is 9.83. The van der Waals surface area contributed by atoms with Crippen molar-refractivity contribution in [2.75, 3.05) is 13.1 Å². The Bertz CT molecular complexity index is 655. The molecule has 1 saturated heterocycles. The van der Waals surface area contributed by atoms with Crippen LogP contribution in [0.25, 0.3) is 10.9 Å². The van der Waals surface area contributed by atoms with E-state index in [4.69, 9.17) is 0 Å². The number of fused-ring (bicyclic) bond motifs is 3. The molecule has 1 fully saturated rings. The van der Waals surface area contributed by atoms with E-state index < -0.39 is 0 Å². The summed E-state index contributed by atoms with van der Waals surface area (Å²) in [4.78, 5) is 18.0. The molecule has 2 aliphatic rings. The number of hydrogen-bond acceptors (Lipinski definition) is 2. The fourth-order valence-electron chi connectivity index (χ4n) is 3.47. The van der Waals surface area contributed by atoms with Gasteiger partial charge in [0.2, 0.25) is 5.91 Å². The van der Waals surface area contributed by atoms with E-state index in [0.717, 1.165) is 38.9 Å². The highest BCUT2D eigenvalue weighted by molar-refractivity contribution is 5.87. The minimum absolute atomic E-state index is 0.0433. The number of rotatable bonds is 1. The van der Waals surface area contributed by atoms with Crippen molar-refractivity contribution in [1.82, 2.24) is 15.2 Å². The summed E-state index contributed by atoms with van der Waals surface area (Å²) < 4.78 is 0. The van der Waals surface area contributed by atoms with E-state index >= 15 is 0 Å². The Kier molecular flexibility index (Phi) is 2.77. The first-order valence-electron chi connectivity index (χ1n) is 7.43. The number of nitrogens with one attached hydrogen (secondary N) is 2. The van der Waals surface area contributed by atoms with Gasteiger partial charge in [0.15, 0.2) is 0 Å². The molecule has 4 nitrogen and oxygen atoms in total. The molecule has 4 rings (SSSR count). The second-order valence-corrected chi connectivity index (χ2v) is 5.79. The topological polar surface area (TPSA) is 48.1 Å². The lowest BCUT2D eigenvalue weighted by Gasteiger charge is -2.29. The molecule has 1 aromatic carbocycles. The van der Waals surface area contributed by atoms with E-state index in [9.17, 15) is 4.79 Å². The van der Waals surface area contributed by atoms with Gasteiger partial charge in [0.05, 0.1) is 6.04 Å². The normalized spacial score (nSPS) is 22.2. The molecule has 2 N–H and O–H groups in total. The number of amides is 1. The first-order valence-corrected chi connectivity index (χ1v) is 7.43. The number of aromatic amines is 1. The smallest absolute Gasteiger partial charge is 0.240 e. The summed E-state index contributed by atoms with van der Waals surface area (Å²) in [5.74, 6) is 0.276. The summed E-state index contributed by atoms with van der Waals surface area (Å²) in [7, 11) is 0. The second kappa shape index (κ2) is 4.63. The largest absolute Gasteiger partial charge is 0.358 e. The van der Waals surface area contributed by atoms with Crippen molar-refractivity contribution in [2.24, 2.45) is 0 Å². The van der Waals surface area contributed by atoms with Crippen LogP contribution in [0.5, 0.6) is 0 Å². The lowest BCUT2D eigenvalue weighted by atomic mass is 10.0. The van der Waals surface area contributed by atoms with Gasteiger partial charge < -0.3 is 15.2 Å². The van der Waals surface area contributed by atoms with Crippen molar-refractivity contribution >= 4 is 16.8 Å². The summed E-state index contributed by atoms with van der Waals surface area (Å²) in [5.41, 5.74) is 3.79. The Balaban J connectivity index is 1.63. The minimum atomic E-state index is 0.0433. The van der Waals surface area contributed by atoms with Gasteiger partial charge >= 0.3 is 0 Å². The second-order valence-electron chi connectivity index (χ2n) is 5.79. The third kappa shape index (κ3) is 1.83. The highest BCUT2D eigenvalue weighted by Gasteiger charge is 2.30. The maximum absolute atomic E-state index is 12.5. The predicted molar refractivity (Wildman–Crippen MR) is 78.4 cm³/mol. The van der Waals surface area contributed by atoms with Crippen molar-refractivity contribution < 1.29 is 4.79 Å². The molecule has 0 unspecified atom stereocenters. The molecule has 0 spiro atoms. The number of aromatic nitrogens is 1. The van der Waals surface area contributed by atoms with Gasteiger partial charge in [-0.2, -0.15) is 0 Å². The molecule has 1 aromatic heterocycles. The summed E-state index contributed by atoms with van der Waals surface area (Å²) >= 11 is 0. The van der Waals surface area contributed by atoms with Crippen LogP contribution in [-0.4, -0.2) is 34.9 Å². The van der Waals surface area contributed by atoms with Crippen molar-refractivity contribution in [2.45, 2.75) is 31.8 Å². The SMILES string of the molecule is O=C([C@H]1CCCN1)N1CCc2[nH]c3ccccc3c2C1. The van der Waals surface area contributed by atoms with Crippen LogP contribution in [0.15, 0.2) is 24.3 Å². The van der Waals surface area contributed by atoms with Crippen molar-refractivity contribution in [3.63, 3.8) is 0 Å². The van der Waals surface area contributed by atoms with Crippen LogP contribution in [0.3, 0.4) is 0 Å². The Morgan fingerprint density at radius 1 is 1.30 bits per heavy atom. The predicted octanol–water partition coefficient (Wildman–Crippen LogP) is 1.80. The molecule has 2 aliphatic heterocycles. The number of nitrogens with zero attached hydrogens (tertiary/aromatic N) is 1. The molecule has 3 heterocycles. The van der Waals surface area contributed by atoms with Crippen LogP contribution < -0.4 is 5.32 Å². The fourth-order valence-corrected chi connectivity index (χ4v) is 3.47. The first kappa shape index (κ1) is 12.0. The number of hydrogen-bond donors (Lipinski definition) is 2. The van der Waals surface area contributed by atoms with Crippen molar-refractivity contribution in [3.8, 4) is 0 Å². The molecule has 0 radical (unpaired) electrons. The van der Waals surface area contributed by atoms with Crippen molar-refractivity contribution in [3.05, 3.63) is 35.5 Å². The maximum Gasteiger partial charge on any atom is 0.240 e. The highest BCUT2D eigenvalue weighted by atomic mass is 16.2. The summed E-state index contributed by atoms with van der Waals surface area (Å²) in [5, 5.41) is 4.57. The fraction of sp³-hybridized carbons (Fsp3) is 0.438. The van der Waals surface area contributed by atoms with Crippen molar-refractivity contribution in [1.29, 1.82) is 0 Å². The molecule has 20 heavy (non-hydrogen) atoms. The van der Waals surface area contributed by atoms with Gasteiger partial charge in [-0.25, -0.2) is 0 Å². The Morgan fingerprint density at radius 3 is 3.05 bits per heavy atom. The standard InChI is InChI=1S/C16H19N3O/c20-16(15-6-3-8-17-15)19-9-7-14-12(10-19)11-4-1-2-5-13(11)18-14/h1-2,4-5,15,17-18H,3,6-10H2/t15-/m1/s1. The van der Waals surface area contributed by atoms with E-state index in [1.807, 2.05) is 4.90 Å². The summed E-state index contributed by atoms with van der Waals surface area (Å²) in [6.07, 6.45) is 3.03. The number of benzene rings is 1. The molecule has 0 bridgehead atoms. The number of H-pyrrole nitrogens is 1. The van der Waals surface area contributed by atoms with Crippen LogP contribution in [0.4, 0.5) is 0 Å². The number of carbonyl (C=O) groups is 1. The number of carbonyl (C=O) groups excluding carboxylic acids is 1. The molecule has 1 atom stereocenters. The Morgan fingerprint density at radius 2 is 2.20 bits per heavy atom. The molecular weight excluding hydrogens is 250 g/mol. The highest BCUT2D eigenvalue weighted by Crippen LogP contribution is 2.28. The van der Waals surface area contributed by atoms with E-state index in [1.165, 1.54) is 22.2 Å². The molecule has 1 amide bonds. The van der Waals surface area contributed by atoms with E-state index in [1.54, 1.807) is 0 Å². The maximum atomic E-state index is 12.5. The summed E-state index contributed by atoms with van der Waals surface area (Å²) in [6.45, 7) is 2.55. The zero-order valence-electron chi connectivity index (χ0n) is 11.5. The average Bonchev–Trinajstić information content (AvgIpc) is 3.13. The summed E-state index contributed by atoms with van der Waals surface area (Å²) in [6, 6.07) is 8.41. The Hall–Kier alpha value is -1.81. The van der Waals surface area contributed by atoms with Gasteiger partial charge in [-0.05, 0) is 25.5 Å². The zero-order chi connectivity index (χ0) is 13.5. The zero-order valence-corrected chi connectivity index (χ0v) is 11.5. The quantitative estimate of drug-likeness (QED) is 0.829. The minimum Gasteiger partial charge on any atom is -0.358 e. The van der Waals surface area contributed by atoms with Gasteiger partial charge in [0.25, 0.3) is 0 Å². The van der Waals surface area contributed by atoms with Gasteiger partial charge in [-0.15, -0.1) is 0 Å². The monoisotopic (exact) mass is 269 g/mol. The van der Waals surface area contributed by atoms with Gasteiger partial charge in [0, 0.05) is 41.7 Å². The molecule has 104 valence electrons. The molecular formula is C16H19N3O. The van der Waals surface area contributed by atoms with E-state index in [-0.39, 0.29) is 11.9 Å².